The molecule has 0 radical (unpaired) electrons. The van der Waals surface area contributed by atoms with Crippen LogP contribution in [-0.2, 0) is 4.79 Å². The molecule has 1 fully saturated rings. The molecule has 3 N–H and O–H groups in total. The highest BCUT2D eigenvalue weighted by Crippen LogP contribution is 2.15. The number of nitrogens with zero attached hydrogens (tertiary/aromatic N) is 1. The first kappa shape index (κ1) is 9.26. The molecule has 0 aromatic heterocycles. The fourth-order valence-corrected chi connectivity index (χ4v) is 1.41. The summed E-state index contributed by atoms with van der Waals surface area (Å²) >= 11 is 4.86. The summed E-state index contributed by atoms with van der Waals surface area (Å²) in [6.07, 6.45) is -0.558. The smallest absolute Gasteiger partial charge is 0.282 e. The Morgan fingerprint density at radius 3 is 2.50 bits per heavy atom. The van der Waals surface area contributed by atoms with Crippen LogP contribution in [0.5, 0.6) is 0 Å². The number of amides is 1. The van der Waals surface area contributed by atoms with E-state index in [0.717, 1.165) is 5.69 Å². The molecule has 0 bridgehead atoms. The fourth-order valence-electron chi connectivity index (χ4n) is 1.27. The van der Waals surface area contributed by atoms with Crippen LogP contribution in [-0.4, -0.2) is 16.9 Å². The van der Waals surface area contributed by atoms with E-state index < -0.39 is 6.17 Å². The Bertz CT molecular complexity index is 379. The van der Waals surface area contributed by atoms with Gasteiger partial charge in [0.2, 0.25) is 0 Å². The Labute approximate surface area is 86.7 Å². The molecule has 4 nitrogen and oxygen atoms in total. The average Bonchev–Trinajstić information content (AvgIpc) is 2.47. The van der Waals surface area contributed by atoms with Gasteiger partial charge in [-0.25, -0.2) is 10.4 Å². The number of para-hydroxylation sites is 1. The van der Waals surface area contributed by atoms with Crippen LogP contribution in [0.4, 0.5) is 5.69 Å². The van der Waals surface area contributed by atoms with Gasteiger partial charge in [-0.3, -0.25) is 4.79 Å². The minimum Gasteiger partial charge on any atom is -0.310 e. The molecule has 1 atom stereocenters. The molecule has 1 aliphatic heterocycles. The Morgan fingerprint density at radius 2 is 2.00 bits per heavy atom. The number of nitrogens with one attached hydrogen (secondary N) is 1. The molecular weight excluding hydrogens is 198 g/mol. The van der Waals surface area contributed by atoms with Gasteiger partial charge in [-0.2, -0.15) is 0 Å². The van der Waals surface area contributed by atoms with Crippen LogP contribution in [0.15, 0.2) is 30.3 Å². The Morgan fingerprint density at radius 1 is 1.36 bits per heavy atom. The second-order valence-corrected chi connectivity index (χ2v) is 3.39. The van der Waals surface area contributed by atoms with Gasteiger partial charge in [0, 0.05) is 0 Å². The lowest BCUT2D eigenvalue weighted by Gasteiger charge is -2.15. The van der Waals surface area contributed by atoms with Crippen LogP contribution in [0.1, 0.15) is 0 Å². The topological polar surface area (TPSA) is 58.4 Å². The summed E-state index contributed by atoms with van der Waals surface area (Å²) in [6, 6.07) is 9.19. The van der Waals surface area contributed by atoms with Crippen molar-refractivity contribution in [1.82, 2.24) is 5.43 Å². The Kier molecular flexibility index (Phi) is 2.28. The average molecular weight is 207 g/mol. The van der Waals surface area contributed by atoms with E-state index in [1.165, 1.54) is 5.01 Å². The highest BCUT2D eigenvalue weighted by molar-refractivity contribution is 7.82. The first-order valence-electron chi connectivity index (χ1n) is 4.15. The van der Waals surface area contributed by atoms with Crippen molar-refractivity contribution in [3.8, 4) is 0 Å². The third-order valence-corrected chi connectivity index (χ3v) is 2.41. The monoisotopic (exact) mass is 207 g/mol. The maximum Gasteiger partial charge on any atom is 0.282 e. The second kappa shape index (κ2) is 3.45. The Hall–Kier alpha value is -1.30. The van der Waals surface area contributed by atoms with E-state index in [1.54, 1.807) is 0 Å². The van der Waals surface area contributed by atoms with Crippen LogP contribution in [0.25, 0.3) is 0 Å². The molecule has 14 heavy (non-hydrogen) atoms. The second-order valence-electron chi connectivity index (χ2n) is 2.95. The lowest BCUT2D eigenvalue weighted by molar-refractivity contribution is -0.112. The molecule has 0 aliphatic carbocycles. The molecule has 72 valence electrons. The first-order chi connectivity index (χ1) is 6.70. The number of nitrogens with two attached hydrogens (primary N) is 1. The molecular formula is C9H9N3OS. The highest BCUT2D eigenvalue weighted by Gasteiger charge is 2.33. The van der Waals surface area contributed by atoms with Gasteiger partial charge >= 0.3 is 0 Å². The summed E-state index contributed by atoms with van der Waals surface area (Å²) in [6.45, 7) is 0. The van der Waals surface area contributed by atoms with E-state index in [9.17, 15) is 4.79 Å². The number of carbonyl (C=O) groups is 1. The number of hydrogen-bond acceptors (Lipinski definition) is 4. The molecule has 1 aliphatic rings. The maximum absolute atomic E-state index is 11.6. The first-order valence-corrected chi connectivity index (χ1v) is 4.56. The van der Waals surface area contributed by atoms with E-state index in [4.69, 9.17) is 18.0 Å². The van der Waals surface area contributed by atoms with Gasteiger partial charge in [0.15, 0.2) is 0 Å². The van der Waals surface area contributed by atoms with E-state index in [0.29, 0.717) is 0 Å². The van der Waals surface area contributed by atoms with Crippen LogP contribution < -0.4 is 16.2 Å². The standard InChI is InChI=1S/C9H9N3OS/c10-8-7(14)9(13)12(11-8)6-4-2-1-3-5-6/h1-5,8,11H,10H2. The van der Waals surface area contributed by atoms with E-state index in [1.807, 2.05) is 30.3 Å². The zero-order valence-electron chi connectivity index (χ0n) is 7.31. The van der Waals surface area contributed by atoms with Crippen LogP contribution >= 0.6 is 12.2 Å². The van der Waals surface area contributed by atoms with Crippen LogP contribution in [0.3, 0.4) is 0 Å². The van der Waals surface area contributed by atoms with Crippen molar-refractivity contribution in [2.24, 2.45) is 5.73 Å². The number of hydrazine groups is 1. The lowest BCUT2D eigenvalue weighted by atomic mass is 10.3. The lowest BCUT2D eigenvalue weighted by Crippen LogP contribution is -2.41. The van der Waals surface area contributed by atoms with Gasteiger partial charge in [-0.15, -0.1) is 0 Å². The number of anilines is 1. The summed E-state index contributed by atoms with van der Waals surface area (Å²) in [4.78, 5) is 11.8. The molecule has 1 amide bonds. The minimum atomic E-state index is -0.558. The predicted octanol–water partition coefficient (Wildman–Crippen LogP) is 0.192. The number of thiocarbonyl (C=S) groups is 1. The SMILES string of the molecule is NC1NN(c2ccccc2)C(=O)C1=S. The van der Waals surface area contributed by atoms with E-state index in [2.05, 4.69) is 5.43 Å². The molecule has 2 rings (SSSR count). The van der Waals surface area contributed by atoms with Gasteiger partial charge in [0.25, 0.3) is 5.91 Å². The Balaban J connectivity index is 2.30. The molecule has 0 saturated carbocycles. The molecule has 1 unspecified atom stereocenters. The van der Waals surface area contributed by atoms with Crippen molar-refractivity contribution < 1.29 is 4.79 Å². The summed E-state index contributed by atoms with van der Waals surface area (Å²) < 4.78 is 0. The van der Waals surface area contributed by atoms with Crippen LogP contribution in [0.2, 0.25) is 0 Å². The molecule has 5 heteroatoms. The number of benzene rings is 1. The molecule has 1 aromatic rings. The largest absolute Gasteiger partial charge is 0.310 e. The van der Waals surface area contributed by atoms with Gasteiger partial charge in [-0.1, -0.05) is 30.4 Å². The fraction of sp³-hybridized carbons (Fsp3) is 0.111. The van der Waals surface area contributed by atoms with Gasteiger partial charge in [-0.05, 0) is 12.1 Å². The van der Waals surface area contributed by atoms with Gasteiger partial charge < -0.3 is 5.73 Å². The zero-order valence-corrected chi connectivity index (χ0v) is 8.12. The van der Waals surface area contributed by atoms with Gasteiger partial charge in [0.05, 0.1) is 5.69 Å². The van der Waals surface area contributed by atoms with Gasteiger partial charge in [0.1, 0.15) is 11.0 Å². The summed E-state index contributed by atoms with van der Waals surface area (Å²) in [7, 11) is 0. The molecule has 0 spiro atoms. The normalized spacial score (nSPS) is 21.8. The molecule has 1 heterocycles. The van der Waals surface area contributed by atoms with Crippen molar-refractivity contribution in [2.75, 3.05) is 5.01 Å². The third kappa shape index (κ3) is 1.41. The highest BCUT2D eigenvalue weighted by atomic mass is 32.1. The summed E-state index contributed by atoms with van der Waals surface area (Å²) in [5, 5.41) is 1.37. The quantitative estimate of drug-likeness (QED) is 0.646. The number of hydrogen-bond donors (Lipinski definition) is 2. The zero-order chi connectivity index (χ0) is 10.1. The van der Waals surface area contributed by atoms with Crippen molar-refractivity contribution in [3.63, 3.8) is 0 Å². The summed E-state index contributed by atoms with van der Waals surface area (Å²) in [5.41, 5.74) is 9.11. The van der Waals surface area contributed by atoms with Crippen molar-refractivity contribution in [2.45, 2.75) is 6.17 Å². The third-order valence-electron chi connectivity index (χ3n) is 1.98. The molecule has 1 aromatic carbocycles. The predicted molar refractivity (Wildman–Crippen MR) is 57.6 cm³/mol. The minimum absolute atomic E-state index is 0.217. The summed E-state index contributed by atoms with van der Waals surface area (Å²) in [5.74, 6) is -0.251. The number of rotatable bonds is 1. The van der Waals surface area contributed by atoms with Crippen LogP contribution in [0, 0.1) is 0 Å². The van der Waals surface area contributed by atoms with Crippen molar-refractivity contribution in [1.29, 1.82) is 0 Å². The number of carbonyl (C=O) groups excluding carboxylic acids is 1. The van der Waals surface area contributed by atoms with Crippen molar-refractivity contribution >= 4 is 28.7 Å². The van der Waals surface area contributed by atoms with E-state index >= 15 is 0 Å². The van der Waals surface area contributed by atoms with Crippen molar-refractivity contribution in [3.05, 3.63) is 30.3 Å². The maximum atomic E-state index is 11.6. The molecule has 1 saturated heterocycles. The van der Waals surface area contributed by atoms with E-state index in [-0.39, 0.29) is 10.8 Å².